The Morgan fingerprint density at radius 3 is 2.71 bits per heavy atom. The molecule has 1 aromatic carbocycles. The molecule has 34 heavy (non-hydrogen) atoms. The molecule has 12 heteroatoms. The van der Waals surface area contributed by atoms with Crippen molar-refractivity contribution in [1.29, 1.82) is 0 Å². The number of fused-ring (bicyclic) bond motifs is 2. The third kappa shape index (κ3) is 6.22. The summed E-state index contributed by atoms with van der Waals surface area (Å²) in [6.07, 6.45) is 5.93. The highest BCUT2D eigenvalue weighted by atomic mass is 32.2. The van der Waals surface area contributed by atoms with Gasteiger partial charge in [-0.1, -0.05) is 0 Å². The number of pyridine rings is 1. The minimum Gasteiger partial charge on any atom is -0.491 e. The number of nitrogens with one attached hydrogen (secondary N) is 1. The molecule has 11 nitrogen and oxygen atoms in total. The van der Waals surface area contributed by atoms with Crippen LogP contribution in [-0.4, -0.2) is 78.3 Å². The highest BCUT2D eigenvalue weighted by Crippen LogP contribution is 2.37. The fraction of sp³-hybridized carbons (Fsp3) is 0.409. The Balaban J connectivity index is 0.000000588. The summed E-state index contributed by atoms with van der Waals surface area (Å²) in [7, 11) is 0.292. The van der Waals surface area contributed by atoms with Gasteiger partial charge in [-0.3, -0.25) is 9.35 Å². The van der Waals surface area contributed by atoms with Crippen molar-refractivity contribution in [3.8, 4) is 22.8 Å². The van der Waals surface area contributed by atoms with E-state index in [-0.39, 0.29) is 6.04 Å². The summed E-state index contributed by atoms with van der Waals surface area (Å²) in [6.45, 7) is 3.16. The average Bonchev–Trinajstić information content (AvgIpc) is 3.24. The lowest BCUT2D eigenvalue weighted by Gasteiger charge is -2.21. The van der Waals surface area contributed by atoms with Gasteiger partial charge in [-0.15, -0.1) is 0 Å². The number of H-pyrrole nitrogens is 1. The summed E-state index contributed by atoms with van der Waals surface area (Å²) in [5.74, 6) is 0.561. The highest BCUT2D eigenvalue weighted by molar-refractivity contribution is 7.85. The second kappa shape index (κ2) is 10.4. The lowest BCUT2D eigenvalue weighted by molar-refractivity contribution is 0.0996. The molecule has 0 spiro atoms. The van der Waals surface area contributed by atoms with Crippen LogP contribution >= 0.6 is 0 Å². The molecule has 0 aliphatic carbocycles. The minimum atomic E-state index is -3.67. The molecule has 0 fully saturated rings. The summed E-state index contributed by atoms with van der Waals surface area (Å²) in [5.41, 5.74) is 10.0. The lowest BCUT2D eigenvalue weighted by Crippen LogP contribution is -2.31. The predicted molar refractivity (Wildman–Crippen MR) is 128 cm³/mol. The Morgan fingerprint density at radius 1 is 1.35 bits per heavy atom. The van der Waals surface area contributed by atoms with Gasteiger partial charge in [0.2, 0.25) is 5.88 Å². The van der Waals surface area contributed by atoms with E-state index in [2.05, 4.69) is 21.0 Å². The molecular formula is C22H29N5O6S. The van der Waals surface area contributed by atoms with E-state index < -0.39 is 16.0 Å². The number of imidazole rings is 1. The third-order valence-corrected chi connectivity index (χ3v) is 5.34. The van der Waals surface area contributed by atoms with Gasteiger partial charge in [0.1, 0.15) is 17.9 Å². The number of likely N-dealkylation sites (N-methyl/N-ethyl adjacent to an activating group) is 1. The number of aromatic amines is 1. The SMILES string of the molecule is CC(COc1cc(-c2cnc3c(c2)CCCO3)c2nc[nH]c2c1C(N)=O)N(C)C.CS(=O)(=O)O. The largest absolute Gasteiger partial charge is 0.491 e. The fourth-order valence-electron chi connectivity index (χ4n) is 3.41. The monoisotopic (exact) mass is 491 g/mol. The lowest BCUT2D eigenvalue weighted by atomic mass is 9.99. The molecule has 2 aromatic heterocycles. The summed E-state index contributed by atoms with van der Waals surface area (Å²) in [4.78, 5) is 26.2. The molecule has 0 bridgehead atoms. The van der Waals surface area contributed by atoms with E-state index in [4.69, 9.17) is 19.8 Å². The molecule has 4 N–H and O–H groups in total. The first-order valence-electron chi connectivity index (χ1n) is 10.6. The van der Waals surface area contributed by atoms with E-state index in [0.29, 0.717) is 47.7 Å². The smallest absolute Gasteiger partial charge is 0.261 e. The zero-order chi connectivity index (χ0) is 25.0. The molecule has 1 atom stereocenters. The van der Waals surface area contributed by atoms with Crippen LogP contribution in [0.25, 0.3) is 22.2 Å². The quantitative estimate of drug-likeness (QED) is 0.437. The first-order chi connectivity index (χ1) is 16.0. The molecule has 3 heterocycles. The van der Waals surface area contributed by atoms with Crippen LogP contribution in [0.5, 0.6) is 11.6 Å². The normalized spacial score (nSPS) is 14.1. The fourth-order valence-corrected chi connectivity index (χ4v) is 3.41. The maximum atomic E-state index is 12.2. The first kappa shape index (κ1) is 25.4. The standard InChI is InChI=1S/C21H25N5O3.CH4O3S/c1-12(26(2)3)10-29-16-8-15(18-19(25-11-24-18)17(16)20(22)27)14-7-13-5-4-6-28-21(13)23-9-14;1-5(2,3)4/h7-9,11-12H,4-6,10H2,1-3H3,(H2,22,27)(H,24,25);1H3,(H,2,3,4). The number of ether oxygens (including phenoxy) is 2. The Hall–Kier alpha value is -3.22. The average molecular weight is 492 g/mol. The predicted octanol–water partition coefficient (Wildman–Crippen LogP) is 1.88. The van der Waals surface area contributed by atoms with Crippen LogP contribution in [0.4, 0.5) is 0 Å². The van der Waals surface area contributed by atoms with Gasteiger partial charge in [0.15, 0.2) is 0 Å². The van der Waals surface area contributed by atoms with Gasteiger partial charge in [-0.25, -0.2) is 9.97 Å². The van der Waals surface area contributed by atoms with Gasteiger partial charge in [-0.2, -0.15) is 8.42 Å². The van der Waals surface area contributed by atoms with Gasteiger partial charge in [0.05, 0.1) is 30.2 Å². The number of carbonyl (C=O) groups is 1. The van der Waals surface area contributed by atoms with Crippen molar-refractivity contribution in [1.82, 2.24) is 19.9 Å². The summed E-state index contributed by atoms with van der Waals surface area (Å²) in [6, 6.07) is 4.07. The van der Waals surface area contributed by atoms with Crippen LogP contribution < -0.4 is 15.2 Å². The van der Waals surface area contributed by atoms with E-state index in [0.717, 1.165) is 29.5 Å². The van der Waals surface area contributed by atoms with Gasteiger partial charge in [0, 0.05) is 28.9 Å². The van der Waals surface area contributed by atoms with Crippen LogP contribution in [0.1, 0.15) is 29.3 Å². The van der Waals surface area contributed by atoms with Crippen molar-refractivity contribution in [3.63, 3.8) is 0 Å². The Morgan fingerprint density at radius 2 is 2.06 bits per heavy atom. The second-order valence-electron chi connectivity index (χ2n) is 8.28. The topological polar surface area (TPSA) is 161 Å². The maximum absolute atomic E-state index is 12.2. The Kier molecular flexibility index (Phi) is 7.75. The zero-order valence-corrected chi connectivity index (χ0v) is 20.3. The number of aromatic nitrogens is 3. The number of nitrogens with two attached hydrogens (primary N) is 1. The molecular weight excluding hydrogens is 462 g/mol. The number of benzene rings is 1. The van der Waals surface area contributed by atoms with Crippen molar-refractivity contribution >= 4 is 27.1 Å². The maximum Gasteiger partial charge on any atom is 0.261 e. The number of hydrogen-bond acceptors (Lipinski definition) is 8. The van der Waals surface area contributed by atoms with Crippen LogP contribution in [-0.2, 0) is 16.5 Å². The number of primary amides is 1. The van der Waals surface area contributed by atoms with Crippen LogP contribution in [0.3, 0.4) is 0 Å². The minimum absolute atomic E-state index is 0.166. The molecule has 0 saturated heterocycles. The Bertz CT molecular complexity index is 1280. The molecule has 1 aliphatic rings. The number of nitrogens with zero attached hydrogens (tertiary/aromatic N) is 3. The molecule has 1 aliphatic heterocycles. The first-order valence-corrected chi connectivity index (χ1v) is 12.4. The van der Waals surface area contributed by atoms with Gasteiger partial charge in [0.25, 0.3) is 16.0 Å². The molecule has 0 radical (unpaired) electrons. The number of hydrogen-bond donors (Lipinski definition) is 3. The summed E-state index contributed by atoms with van der Waals surface area (Å²) >= 11 is 0. The summed E-state index contributed by atoms with van der Waals surface area (Å²) in [5, 5.41) is 0. The van der Waals surface area contributed by atoms with E-state index >= 15 is 0 Å². The van der Waals surface area contributed by atoms with E-state index in [1.807, 2.05) is 32.0 Å². The highest BCUT2D eigenvalue weighted by Gasteiger charge is 2.22. The van der Waals surface area contributed by atoms with Crippen molar-refractivity contribution in [3.05, 3.63) is 35.8 Å². The Labute approximate surface area is 198 Å². The van der Waals surface area contributed by atoms with Gasteiger partial charge in [-0.05, 0) is 46.0 Å². The second-order valence-corrected chi connectivity index (χ2v) is 9.75. The molecule has 1 amide bonds. The number of amides is 1. The third-order valence-electron chi connectivity index (χ3n) is 5.34. The van der Waals surface area contributed by atoms with Crippen LogP contribution in [0.15, 0.2) is 24.7 Å². The molecule has 3 aromatic rings. The number of rotatable bonds is 6. The van der Waals surface area contributed by atoms with Crippen molar-refractivity contribution in [2.75, 3.05) is 33.6 Å². The van der Waals surface area contributed by atoms with E-state index in [1.54, 1.807) is 12.5 Å². The van der Waals surface area contributed by atoms with Crippen LogP contribution in [0, 0.1) is 0 Å². The number of aryl methyl sites for hydroxylation is 1. The van der Waals surface area contributed by atoms with Crippen LogP contribution in [0.2, 0.25) is 0 Å². The van der Waals surface area contributed by atoms with E-state index in [1.165, 1.54) is 0 Å². The van der Waals surface area contributed by atoms with Crippen molar-refractivity contribution in [2.24, 2.45) is 5.73 Å². The van der Waals surface area contributed by atoms with Gasteiger partial charge >= 0.3 is 0 Å². The van der Waals surface area contributed by atoms with E-state index in [9.17, 15) is 13.2 Å². The molecule has 184 valence electrons. The van der Waals surface area contributed by atoms with Crippen molar-refractivity contribution in [2.45, 2.75) is 25.8 Å². The number of carbonyl (C=O) groups excluding carboxylic acids is 1. The summed E-state index contributed by atoms with van der Waals surface area (Å²) < 4.78 is 37.5. The van der Waals surface area contributed by atoms with Crippen molar-refractivity contribution < 1.29 is 27.2 Å². The van der Waals surface area contributed by atoms with Gasteiger partial charge < -0.3 is 25.1 Å². The molecule has 0 saturated carbocycles. The molecule has 4 rings (SSSR count). The molecule has 1 unspecified atom stereocenters. The zero-order valence-electron chi connectivity index (χ0n) is 19.5.